The molecule has 0 amide bonds. The number of aryl methyl sites for hydroxylation is 1. The lowest BCUT2D eigenvalue weighted by molar-refractivity contribution is 0.416. The van der Waals surface area contributed by atoms with Crippen molar-refractivity contribution in [3.05, 3.63) is 59.7 Å². The van der Waals surface area contributed by atoms with Gasteiger partial charge in [0.2, 0.25) is 0 Å². The number of aromatic nitrogens is 3. The highest BCUT2D eigenvalue weighted by molar-refractivity contribution is 7.99. The number of hydrogen-bond donors (Lipinski definition) is 0. The third-order valence-corrected chi connectivity index (χ3v) is 6.23. The maximum atomic E-state index is 5.52. The second kappa shape index (κ2) is 7.54. The Kier molecular flexibility index (Phi) is 4.98. The van der Waals surface area contributed by atoms with E-state index < -0.39 is 0 Å². The first-order valence-electron chi connectivity index (χ1n) is 9.13. The summed E-state index contributed by atoms with van der Waals surface area (Å²) in [5.41, 5.74) is 3.91. The van der Waals surface area contributed by atoms with Crippen molar-refractivity contribution < 1.29 is 4.74 Å². The molecule has 0 bridgehead atoms. The quantitative estimate of drug-likeness (QED) is 0.627. The first kappa shape index (κ1) is 17.2. The van der Waals surface area contributed by atoms with Gasteiger partial charge in [-0.25, -0.2) is 0 Å². The molecular formula is C21H23N3OS. The average molecular weight is 366 g/mol. The number of thioether (sulfide) groups is 1. The van der Waals surface area contributed by atoms with Crippen molar-refractivity contribution in [2.45, 2.75) is 43.1 Å². The van der Waals surface area contributed by atoms with Crippen LogP contribution in [0.5, 0.6) is 5.75 Å². The van der Waals surface area contributed by atoms with Crippen LogP contribution in [0.2, 0.25) is 0 Å². The molecule has 26 heavy (non-hydrogen) atoms. The summed E-state index contributed by atoms with van der Waals surface area (Å²) in [5, 5.41) is 10.5. The van der Waals surface area contributed by atoms with Crippen molar-refractivity contribution in [3.8, 4) is 17.1 Å². The van der Waals surface area contributed by atoms with Gasteiger partial charge in [0.25, 0.3) is 0 Å². The van der Waals surface area contributed by atoms with Gasteiger partial charge in [-0.05, 0) is 49.4 Å². The molecule has 0 saturated heterocycles. The van der Waals surface area contributed by atoms with Gasteiger partial charge in [-0.3, -0.25) is 0 Å². The third-order valence-electron chi connectivity index (χ3n) is 4.94. The SMILES string of the molecule is CCn1c(S[C@H]2CCCc3ccccc32)nnc1-c1ccccc1OC. The first-order chi connectivity index (χ1) is 12.8. The molecule has 1 aliphatic carbocycles. The molecule has 0 fully saturated rings. The van der Waals surface area contributed by atoms with E-state index in [2.05, 4.69) is 46.0 Å². The van der Waals surface area contributed by atoms with Gasteiger partial charge in [0.05, 0.1) is 12.7 Å². The average Bonchev–Trinajstić information content (AvgIpc) is 3.10. The summed E-state index contributed by atoms with van der Waals surface area (Å²) >= 11 is 1.84. The van der Waals surface area contributed by atoms with Crippen LogP contribution in [-0.4, -0.2) is 21.9 Å². The summed E-state index contributed by atoms with van der Waals surface area (Å²) in [4.78, 5) is 0. The van der Waals surface area contributed by atoms with Crippen LogP contribution in [0, 0.1) is 0 Å². The number of benzene rings is 2. The number of methoxy groups -OCH3 is 1. The number of para-hydroxylation sites is 1. The molecule has 4 rings (SSSR count). The highest BCUT2D eigenvalue weighted by Crippen LogP contribution is 2.43. The van der Waals surface area contributed by atoms with Crippen LogP contribution in [-0.2, 0) is 13.0 Å². The predicted octanol–water partition coefficient (Wildman–Crippen LogP) is 5.14. The monoisotopic (exact) mass is 365 g/mol. The van der Waals surface area contributed by atoms with Crippen molar-refractivity contribution in [3.63, 3.8) is 0 Å². The molecule has 0 N–H and O–H groups in total. The van der Waals surface area contributed by atoms with Gasteiger partial charge in [0.15, 0.2) is 11.0 Å². The smallest absolute Gasteiger partial charge is 0.192 e. The fraction of sp³-hybridized carbons (Fsp3) is 0.333. The number of ether oxygens (including phenoxy) is 1. The van der Waals surface area contributed by atoms with Gasteiger partial charge < -0.3 is 9.30 Å². The molecular weight excluding hydrogens is 342 g/mol. The Morgan fingerprint density at radius 2 is 1.92 bits per heavy atom. The van der Waals surface area contributed by atoms with Crippen molar-refractivity contribution >= 4 is 11.8 Å². The van der Waals surface area contributed by atoms with Crippen LogP contribution in [0.25, 0.3) is 11.4 Å². The van der Waals surface area contributed by atoms with E-state index in [0.29, 0.717) is 5.25 Å². The van der Waals surface area contributed by atoms with Crippen LogP contribution in [0.3, 0.4) is 0 Å². The summed E-state index contributed by atoms with van der Waals surface area (Å²) in [7, 11) is 1.69. The fourth-order valence-corrected chi connectivity index (χ4v) is 4.98. The molecule has 5 heteroatoms. The van der Waals surface area contributed by atoms with E-state index in [0.717, 1.165) is 28.8 Å². The van der Waals surface area contributed by atoms with E-state index in [1.54, 1.807) is 7.11 Å². The summed E-state index contributed by atoms with van der Waals surface area (Å²) < 4.78 is 7.71. The Hall–Kier alpha value is -2.27. The molecule has 0 aliphatic heterocycles. The molecule has 0 saturated carbocycles. The van der Waals surface area contributed by atoms with E-state index in [-0.39, 0.29) is 0 Å². The van der Waals surface area contributed by atoms with Gasteiger partial charge in [0, 0.05) is 11.8 Å². The molecule has 1 aliphatic rings. The van der Waals surface area contributed by atoms with Crippen LogP contribution in [0.15, 0.2) is 53.7 Å². The number of nitrogens with zero attached hydrogens (tertiary/aromatic N) is 3. The second-order valence-electron chi connectivity index (χ2n) is 6.45. The van der Waals surface area contributed by atoms with Gasteiger partial charge in [-0.1, -0.05) is 48.2 Å². The Balaban J connectivity index is 1.68. The van der Waals surface area contributed by atoms with Crippen LogP contribution in [0.1, 0.15) is 36.1 Å². The summed E-state index contributed by atoms with van der Waals surface area (Å²) in [5.74, 6) is 1.70. The lowest BCUT2D eigenvalue weighted by Crippen LogP contribution is -2.08. The van der Waals surface area contributed by atoms with Crippen molar-refractivity contribution in [2.75, 3.05) is 7.11 Å². The van der Waals surface area contributed by atoms with Crippen LogP contribution in [0.4, 0.5) is 0 Å². The number of hydrogen-bond acceptors (Lipinski definition) is 4. The van der Waals surface area contributed by atoms with Gasteiger partial charge in [-0.2, -0.15) is 0 Å². The molecule has 1 heterocycles. The predicted molar refractivity (Wildman–Crippen MR) is 106 cm³/mol. The van der Waals surface area contributed by atoms with E-state index in [9.17, 15) is 0 Å². The molecule has 2 aromatic carbocycles. The topological polar surface area (TPSA) is 39.9 Å². The maximum Gasteiger partial charge on any atom is 0.192 e. The Bertz CT molecular complexity index is 906. The normalized spacial score (nSPS) is 16.3. The van der Waals surface area contributed by atoms with E-state index in [4.69, 9.17) is 4.74 Å². The van der Waals surface area contributed by atoms with Crippen LogP contribution >= 0.6 is 11.8 Å². The highest BCUT2D eigenvalue weighted by atomic mass is 32.2. The van der Waals surface area contributed by atoms with Crippen molar-refractivity contribution in [1.29, 1.82) is 0 Å². The zero-order valence-electron chi connectivity index (χ0n) is 15.2. The van der Waals surface area contributed by atoms with Gasteiger partial charge in [-0.15, -0.1) is 10.2 Å². The zero-order valence-corrected chi connectivity index (χ0v) is 16.0. The standard InChI is InChI=1S/C21H23N3OS/c1-3-24-20(17-12-6-7-13-18(17)25-2)22-23-21(24)26-19-14-8-10-15-9-4-5-11-16(15)19/h4-7,9,11-13,19H,3,8,10,14H2,1-2H3/t19-/m0/s1. The Morgan fingerprint density at radius 3 is 2.77 bits per heavy atom. The fourth-order valence-electron chi connectivity index (χ4n) is 3.65. The molecule has 0 unspecified atom stereocenters. The van der Waals surface area contributed by atoms with Gasteiger partial charge in [0.1, 0.15) is 5.75 Å². The first-order valence-corrected chi connectivity index (χ1v) is 10.0. The minimum atomic E-state index is 0.444. The summed E-state index contributed by atoms with van der Waals surface area (Å²) in [6.07, 6.45) is 3.59. The molecule has 4 nitrogen and oxygen atoms in total. The minimum Gasteiger partial charge on any atom is -0.496 e. The van der Waals surface area contributed by atoms with E-state index in [1.165, 1.54) is 30.4 Å². The van der Waals surface area contributed by atoms with E-state index >= 15 is 0 Å². The number of fused-ring (bicyclic) bond motifs is 1. The molecule has 134 valence electrons. The zero-order chi connectivity index (χ0) is 17.9. The Morgan fingerprint density at radius 1 is 1.12 bits per heavy atom. The van der Waals surface area contributed by atoms with Crippen molar-refractivity contribution in [2.24, 2.45) is 0 Å². The second-order valence-corrected chi connectivity index (χ2v) is 7.62. The molecule has 3 aromatic rings. The number of rotatable bonds is 5. The summed E-state index contributed by atoms with van der Waals surface area (Å²) in [6.45, 7) is 2.97. The lowest BCUT2D eigenvalue weighted by atomic mass is 9.91. The highest BCUT2D eigenvalue weighted by Gasteiger charge is 2.24. The minimum absolute atomic E-state index is 0.444. The van der Waals surface area contributed by atoms with Crippen molar-refractivity contribution in [1.82, 2.24) is 14.8 Å². The molecule has 0 radical (unpaired) electrons. The maximum absolute atomic E-state index is 5.52. The molecule has 1 atom stereocenters. The lowest BCUT2D eigenvalue weighted by Gasteiger charge is -2.24. The largest absolute Gasteiger partial charge is 0.496 e. The Labute approximate surface area is 158 Å². The molecule has 0 spiro atoms. The van der Waals surface area contributed by atoms with E-state index in [1.807, 2.05) is 36.0 Å². The molecule has 1 aromatic heterocycles. The third kappa shape index (κ3) is 3.12. The summed E-state index contributed by atoms with van der Waals surface area (Å²) in [6, 6.07) is 16.8. The van der Waals surface area contributed by atoms with Gasteiger partial charge >= 0.3 is 0 Å². The van der Waals surface area contributed by atoms with Crippen LogP contribution < -0.4 is 4.74 Å².